The van der Waals surface area contributed by atoms with Crippen LogP contribution in [0.15, 0.2) is 30.3 Å². The summed E-state index contributed by atoms with van der Waals surface area (Å²) in [6.45, 7) is 7.67. The molecule has 1 saturated heterocycles. The van der Waals surface area contributed by atoms with Gasteiger partial charge in [0, 0.05) is 57.8 Å². The smallest absolute Gasteiger partial charge is 0.244 e. The molecule has 2 rings (SSSR count). The molecule has 0 saturated carbocycles. The standard InChI is InChI=1S/C18H24FN3O2/c1-14(16-5-3-4-6-17(16)19)13-18(24)20-7-8-21-9-11-22(12-10-21)15(2)23/h3-6,13H,7-12H2,1-2H3,(H,20,24). The average Bonchev–Trinajstić information content (AvgIpc) is 2.55. The lowest BCUT2D eigenvalue weighted by molar-refractivity contribution is -0.130. The van der Waals surface area contributed by atoms with E-state index in [1.807, 2.05) is 4.90 Å². The number of carbonyl (C=O) groups excluding carboxylic acids is 2. The lowest BCUT2D eigenvalue weighted by Crippen LogP contribution is -2.49. The zero-order valence-corrected chi connectivity index (χ0v) is 14.2. The summed E-state index contributed by atoms with van der Waals surface area (Å²) in [5, 5.41) is 2.82. The van der Waals surface area contributed by atoms with Crippen LogP contribution in [-0.2, 0) is 9.59 Å². The number of nitrogens with zero attached hydrogens (tertiary/aromatic N) is 2. The molecule has 1 aliphatic heterocycles. The lowest BCUT2D eigenvalue weighted by Gasteiger charge is -2.34. The van der Waals surface area contributed by atoms with Crippen LogP contribution in [-0.4, -0.2) is 60.9 Å². The molecule has 1 N–H and O–H groups in total. The summed E-state index contributed by atoms with van der Waals surface area (Å²) in [5.41, 5.74) is 1.04. The molecule has 1 fully saturated rings. The molecule has 0 aliphatic carbocycles. The third-order valence-corrected chi connectivity index (χ3v) is 4.19. The predicted octanol–water partition coefficient (Wildman–Crippen LogP) is 1.51. The van der Waals surface area contributed by atoms with Gasteiger partial charge in [0.15, 0.2) is 0 Å². The monoisotopic (exact) mass is 333 g/mol. The van der Waals surface area contributed by atoms with Gasteiger partial charge in [0.2, 0.25) is 11.8 Å². The fourth-order valence-electron chi connectivity index (χ4n) is 2.73. The maximum Gasteiger partial charge on any atom is 0.244 e. The minimum Gasteiger partial charge on any atom is -0.351 e. The van der Waals surface area contributed by atoms with E-state index >= 15 is 0 Å². The molecule has 130 valence electrons. The second kappa shape index (κ2) is 8.59. The van der Waals surface area contributed by atoms with Crippen molar-refractivity contribution >= 4 is 17.4 Å². The van der Waals surface area contributed by atoms with E-state index in [0.29, 0.717) is 17.7 Å². The van der Waals surface area contributed by atoms with Crippen LogP contribution < -0.4 is 5.32 Å². The van der Waals surface area contributed by atoms with Gasteiger partial charge in [-0.15, -0.1) is 0 Å². The number of amides is 2. The number of piperazine rings is 1. The summed E-state index contributed by atoms with van der Waals surface area (Å²) in [5.74, 6) is -0.447. The van der Waals surface area contributed by atoms with Gasteiger partial charge < -0.3 is 10.2 Å². The molecule has 2 amide bonds. The summed E-state index contributed by atoms with van der Waals surface area (Å²) in [7, 11) is 0. The van der Waals surface area contributed by atoms with Crippen molar-refractivity contribution in [1.82, 2.24) is 15.1 Å². The summed E-state index contributed by atoms with van der Waals surface area (Å²) >= 11 is 0. The summed E-state index contributed by atoms with van der Waals surface area (Å²) in [6, 6.07) is 6.40. The maximum atomic E-state index is 13.7. The van der Waals surface area contributed by atoms with Crippen molar-refractivity contribution in [3.8, 4) is 0 Å². The Kier molecular flexibility index (Phi) is 6.49. The van der Waals surface area contributed by atoms with E-state index in [0.717, 1.165) is 32.7 Å². The molecule has 24 heavy (non-hydrogen) atoms. The van der Waals surface area contributed by atoms with Gasteiger partial charge in [-0.25, -0.2) is 4.39 Å². The number of rotatable bonds is 5. The molecule has 6 heteroatoms. The van der Waals surface area contributed by atoms with E-state index in [-0.39, 0.29) is 17.6 Å². The SMILES string of the molecule is CC(=O)N1CCN(CCNC(=O)C=C(C)c2ccccc2F)CC1. The van der Waals surface area contributed by atoms with Gasteiger partial charge >= 0.3 is 0 Å². The van der Waals surface area contributed by atoms with Crippen molar-refractivity contribution in [2.75, 3.05) is 39.3 Å². The second-order valence-electron chi connectivity index (χ2n) is 5.95. The molecule has 1 aromatic rings. The molecular weight excluding hydrogens is 309 g/mol. The second-order valence-corrected chi connectivity index (χ2v) is 5.95. The third kappa shape index (κ3) is 5.16. The van der Waals surface area contributed by atoms with Crippen LogP contribution in [0.4, 0.5) is 4.39 Å². The Labute approximate surface area is 142 Å². The lowest BCUT2D eigenvalue weighted by atomic mass is 10.1. The molecule has 1 aromatic carbocycles. The van der Waals surface area contributed by atoms with Gasteiger partial charge in [-0.1, -0.05) is 18.2 Å². The first kappa shape index (κ1) is 18.1. The number of allylic oxidation sites excluding steroid dienone is 1. The zero-order chi connectivity index (χ0) is 17.5. The van der Waals surface area contributed by atoms with Crippen LogP contribution in [0.5, 0.6) is 0 Å². The van der Waals surface area contributed by atoms with Crippen molar-refractivity contribution in [1.29, 1.82) is 0 Å². The van der Waals surface area contributed by atoms with Gasteiger partial charge in [0.1, 0.15) is 5.82 Å². The molecule has 0 aromatic heterocycles. The van der Waals surface area contributed by atoms with Gasteiger partial charge in [0.25, 0.3) is 0 Å². The number of hydrogen-bond donors (Lipinski definition) is 1. The molecule has 0 unspecified atom stereocenters. The molecule has 0 radical (unpaired) electrons. The van der Waals surface area contributed by atoms with E-state index in [2.05, 4.69) is 10.2 Å². The quantitative estimate of drug-likeness (QED) is 0.831. The minimum absolute atomic E-state index is 0.108. The molecule has 1 aliphatic rings. The number of halogens is 1. The van der Waals surface area contributed by atoms with Crippen LogP contribution in [0.3, 0.4) is 0 Å². The van der Waals surface area contributed by atoms with Crippen molar-refractivity contribution in [3.63, 3.8) is 0 Å². The Morgan fingerprint density at radius 3 is 2.46 bits per heavy atom. The Morgan fingerprint density at radius 2 is 1.83 bits per heavy atom. The highest BCUT2D eigenvalue weighted by Gasteiger charge is 2.17. The summed E-state index contributed by atoms with van der Waals surface area (Å²) in [6.07, 6.45) is 1.42. The highest BCUT2D eigenvalue weighted by molar-refractivity contribution is 5.94. The Balaban J connectivity index is 1.75. The number of hydrogen-bond acceptors (Lipinski definition) is 3. The molecular formula is C18H24FN3O2. The van der Waals surface area contributed by atoms with Gasteiger partial charge in [-0.3, -0.25) is 14.5 Å². The fraction of sp³-hybridized carbons (Fsp3) is 0.444. The van der Waals surface area contributed by atoms with Gasteiger partial charge in [-0.05, 0) is 18.6 Å². The number of nitrogens with one attached hydrogen (secondary N) is 1. The number of carbonyl (C=O) groups is 2. The number of benzene rings is 1. The normalized spacial score (nSPS) is 16.1. The van der Waals surface area contributed by atoms with Gasteiger partial charge in [0.05, 0.1) is 0 Å². The Hall–Kier alpha value is -2.21. The summed E-state index contributed by atoms with van der Waals surface area (Å²) < 4.78 is 13.7. The van der Waals surface area contributed by atoms with Crippen molar-refractivity contribution in [2.45, 2.75) is 13.8 Å². The third-order valence-electron chi connectivity index (χ3n) is 4.19. The van der Waals surface area contributed by atoms with Crippen molar-refractivity contribution < 1.29 is 14.0 Å². The Morgan fingerprint density at radius 1 is 1.17 bits per heavy atom. The van der Waals surface area contributed by atoms with Crippen molar-refractivity contribution in [2.24, 2.45) is 0 Å². The maximum absolute atomic E-state index is 13.7. The molecule has 0 atom stereocenters. The first-order valence-corrected chi connectivity index (χ1v) is 8.16. The van der Waals surface area contributed by atoms with Gasteiger partial charge in [-0.2, -0.15) is 0 Å². The minimum atomic E-state index is -0.331. The van der Waals surface area contributed by atoms with Crippen molar-refractivity contribution in [3.05, 3.63) is 41.7 Å². The van der Waals surface area contributed by atoms with E-state index < -0.39 is 0 Å². The highest BCUT2D eigenvalue weighted by atomic mass is 19.1. The molecule has 0 spiro atoms. The van der Waals surface area contributed by atoms with E-state index in [4.69, 9.17) is 0 Å². The average molecular weight is 333 g/mol. The van der Waals surface area contributed by atoms with Crippen LogP contribution in [0.2, 0.25) is 0 Å². The summed E-state index contributed by atoms with van der Waals surface area (Å²) in [4.78, 5) is 27.3. The van der Waals surface area contributed by atoms with Crippen LogP contribution in [0.1, 0.15) is 19.4 Å². The van der Waals surface area contributed by atoms with Crippen LogP contribution in [0, 0.1) is 5.82 Å². The van der Waals surface area contributed by atoms with E-state index in [1.54, 1.807) is 32.0 Å². The first-order valence-electron chi connectivity index (χ1n) is 8.16. The fourth-order valence-corrected chi connectivity index (χ4v) is 2.73. The highest BCUT2D eigenvalue weighted by Crippen LogP contribution is 2.16. The topological polar surface area (TPSA) is 52.7 Å². The molecule has 5 nitrogen and oxygen atoms in total. The Bertz CT molecular complexity index is 622. The van der Waals surface area contributed by atoms with Crippen LogP contribution in [0.25, 0.3) is 5.57 Å². The molecule has 0 bridgehead atoms. The van der Waals surface area contributed by atoms with E-state index in [9.17, 15) is 14.0 Å². The van der Waals surface area contributed by atoms with Crippen LogP contribution >= 0.6 is 0 Å². The largest absolute Gasteiger partial charge is 0.351 e. The van der Waals surface area contributed by atoms with E-state index in [1.165, 1.54) is 12.1 Å². The zero-order valence-electron chi connectivity index (χ0n) is 14.2. The molecule has 1 heterocycles. The predicted molar refractivity (Wildman–Crippen MR) is 91.8 cm³/mol. The first-order chi connectivity index (χ1) is 11.5.